The molecule has 0 bridgehead atoms. The average Bonchev–Trinajstić information content (AvgIpc) is 3.26. The molecule has 1 fully saturated rings. The summed E-state index contributed by atoms with van der Waals surface area (Å²) in [5.41, 5.74) is 0.288. The lowest BCUT2D eigenvalue weighted by Gasteiger charge is -2.27. The maximum atomic E-state index is 12.7. The maximum Gasteiger partial charge on any atom is 0.231 e. The van der Waals surface area contributed by atoms with E-state index in [1.807, 2.05) is 17.5 Å². The van der Waals surface area contributed by atoms with Gasteiger partial charge in [-0.1, -0.05) is 18.9 Å². The van der Waals surface area contributed by atoms with E-state index < -0.39 is 11.5 Å². The molecule has 5 heteroatoms. The van der Waals surface area contributed by atoms with E-state index in [1.54, 1.807) is 17.4 Å². The molecule has 1 amide bonds. The van der Waals surface area contributed by atoms with Crippen LogP contribution in [0, 0.1) is 0 Å². The normalized spacial score (nSPS) is 18.5. The highest BCUT2D eigenvalue weighted by atomic mass is 32.1. The third-order valence-electron chi connectivity index (χ3n) is 4.27. The van der Waals surface area contributed by atoms with Crippen molar-refractivity contribution in [2.24, 2.45) is 0 Å². The molecule has 0 aromatic carbocycles. The van der Waals surface area contributed by atoms with Crippen molar-refractivity contribution in [1.29, 1.82) is 0 Å². The van der Waals surface area contributed by atoms with Gasteiger partial charge in [-0.25, -0.2) is 0 Å². The van der Waals surface area contributed by atoms with Crippen molar-refractivity contribution >= 4 is 17.2 Å². The minimum absolute atomic E-state index is 0.0324. The molecular formula is C16H19NO3S. The summed E-state index contributed by atoms with van der Waals surface area (Å²) in [6.07, 6.45) is 6.23. The van der Waals surface area contributed by atoms with E-state index in [4.69, 9.17) is 4.42 Å². The summed E-state index contributed by atoms with van der Waals surface area (Å²) >= 11 is 1.64. The molecular weight excluding hydrogens is 286 g/mol. The van der Waals surface area contributed by atoms with Crippen LogP contribution < -0.4 is 5.32 Å². The van der Waals surface area contributed by atoms with E-state index >= 15 is 0 Å². The lowest BCUT2D eigenvalue weighted by atomic mass is 9.83. The number of carbonyl (C=O) groups excluding carboxylic acids is 1. The predicted octanol–water partition coefficient (Wildman–Crippen LogP) is 3.00. The Morgan fingerprint density at radius 3 is 2.86 bits per heavy atom. The second-order valence-corrected chi connectivity index (χ2v) is 6.50. The van der Waals surface area contributed by atoms with Crippen LogP contribution in [0.4, 0.5) is 0 Å². The Balaban J connectivity index is 1.68. The fourth-order valence-corrected chi connectivity index (χ4v) is 4.04. The molecule has 1 unspecified atom stereocenters. The minimum Gasteiger partial charge on any atom is -0.472 e. The molecule has 1 aliphatic carbocycles. The van der Waals surface area contributed by atoms with Crippen molar-refractivity contribution in [2.75, 3.05) is 6.54 Å². The number of nitrogens with one attached hydrogen (secondary N) is 1. The van der Waals surface area contributed by atoms with E-state index in [9.17, 15) is 9.90 Å². The van der Waals surface area contributed by atoms with Gasteiger partial charge in [0, 0.05) is 17.0 Å². The van der Waals surface area contributed by atoms with Crippen molar-refractivity contribution in [3.8, 4) is 0 Å². The van der Waals surface area contributed by atoms with Gasteiger partial charge < -0.3 is 14.8 Å². The second-order valence-electron chi connectivity index (χ2n) is 5.55. The average molecular weight is 305 g/mol. The number of hydrogen-bond acceptors (Lipinski definition) is 4. The molecule has 3 rings (SSSR count). The third kappa shape index (κ3) is 2.76. The quantitative estimate of drug-likeness (QED) is 0.892. The fourth-order valence-electron chi connectivity index (χ4n) is 3.06. The topological polar surface area (TPSA) is 62.5 Å². The number of furan rings is 1. The number of rotatable bonds is 5. The summed E-state index contributed by atoms with van der Waals surface area (Å²) in [6, 6.07) is 5.75. The molecule has 1 aliphatic rings. The van der Waals surface area contributed by atoms with E-state index in [1.165, 1.54) is 12.5 Å². The van der Waals surface area contributed by atoms with E-state index in [-0.39, 0.29) is 12.5 Å². The van der Waals surface area contributed by atoms with E-state index in [0.29, 0.717) is 5.56 Å². The highest BCUT2D eigenvalue weighted by Crippen LogP contribution is 2.43. The number of carbonyl (C=O) groups is 1. The highest BCUT2D eigenvalue weighted by Gasteiger charge is 2.43. The number of hydrogen-bond donors (Lipinski definition) is 2. The van der Waals surface area contributed by atoms with Gasteiger partial charge in [-0.15, -0.1) is 11.3 Å². The Kier molecular flexibility index (Phi) is 4.12. The first kappa shape index (κ1) is 14.4. The molecule has 0 aliphatic heterocycles. The van der Waals surface area contributed by atoms with Gasteiger partial charge in [0.1, 0.15) is 0 Å². The zero-order valence-electron chi connectivity index (χ0n) is 11.7. The van der Waals surface area contributed by atoms with Crippen LogP contribution >= 0.6 is 11.3 Å². The molecule has 2 aromatic heterocycles. The Morgan fingerprint density at radius 2 is 2.24 bits per heavy atom. The fraction of sp³-hybridized carbons (Fsp3) is 0.438. The lowest BCUT2D eigenvalue weighted by Crippen LogP contribution is -2.43. The van der Waals surface area contributed by atoms with Crippen LogP contribution in [0.3, 0.4) is 0 Å². The summed E-state index contributed by atoms with van der Waals surface area (Å²) in [7, 11) is 0. The molecule has 1 atom stereocenters. The first-order chi connectivity index (χ1) is 10.2. The Hall–Kier alpha value is -1.59. The van der Waals surface area contributed by atoms with Crippen LogP contribution in [-0.4, -0.2) is 17.6 Å². The molecule has 0 radical (unpaired) electrons. The minimum atomic E-state index is -0.727. The van der Waals surface area contributed by atoms with E-state index in [2.05, 4.69) is 5.32 Å². The highest BCUT2D eigenvalue weighted by molar-refractivity contribution is 7.10. The SMILES string of the molecule is O=C(NCC(O)c1ccoc1)C1(c2cccs2)CCCC1. The summed E-state index contributed by atoms with van der Waals surface area (Å²) in [6.45, 7) is 0.214. The smallest absolute Gasteiger partial charge is 0.231 e. The largest absolute Gasteiger partial charge is 0.472 e. The van der Waals surface area contributed by atoms with Crippen LogP contribution in [0.5, 0.6) is 0 Å². The number of aliphatic hydroxyl groups excluding tert-OH is 1. The molecule has 112 valence electrons. The summed E-state index contributed by atoms with van der Waals surface area (Å²) < 4.78 is 4.95. The monoisotopic (exact) mass is 305 g/mol. The van der Waals surface area contributed by atoms with Gasteiger partial charge in [-0.05, 0) is 30.4 Å². The summed E-state index contributed by atoms with van der Waals surface area (Å²) in [4.78, 5) is 13.8. The lowest BCUT2D eigenvalue weighted by molar-refractivity contribution is -0.127. The molecule has 0 spiro atoms. The van der Waals surface area contributed by atoms with E-state index in [0.717, 1.165) is 30.6 Å². The van der Waals surface area contributed by atoms with Gasteiger partial charge in [0.2, 0.25) is 5.91 Å². The second kappa shape index (κ2) is 6.03. The van der Waals surface area contributed by atoms with Crippen LogP contribution in [-0.2, 0) is 10.2 Å². The zero-order valence-corrected chi connectivity index (χ0v) is 12.6. The van der Waals surface area contributed by atoms with Gasteiger partial charge in [0.15, 0.2) is 0 Å². The zero-order chi connectivity index (χ0) is 14.7. The molecule has 2 aromatic rings. The first-order valence-corrected chi connectivity index (χ1v) is 8.13. The van der Waals surface area contributed by atoms with Crippen molar-refractivity contribution in [2.45, 2.75) is 37.2 Å². The standard InChI is InChI=1S/C16H19NO3S/c18-13(12-5-8-20-11-12)10-17-15(19)16(6-1-2-7-16)14-4-3-9-21-14/h3-5,8-9,11,13,18H,1-2,6-7,10H2,(H,17,19). The van der Waals surface area contributed by atoms with Crippen LogP contribution in [0.25, 0.3) is 0 Å². The molecule has 1 saturated carbocycles. The van der Waals surface area contributed by atoms with Crippen molar-refractivity contribution in [3.63, 3.8) is 0 Å². The van der Waals surface area contributed by atoms with Gasteiger partial charge in [-0.3, -0.25) is 4.79 Å². The molecule has 2 N–H and O–H groups in total. The Bertz CT molecular complexity index is 571. The number of thiophene rings is 1. The molecule has 0 saturated heterocycles. The van der Waals surface area contributed by atoms with Crippen molar-refractivity contribution < 1.29 is 14.3 Å². The van der Waals surface area contributed by atoms with Gasteiger partial charge >= 0.3 is 0 Å². The van der Waals surface area contributed by atoms with Crippen LogP contribution in [0.1, 0.15) is 42.2 Å². The van der Waals surface area contributed by atoms with Crippen LogP contribution in [0.15, 0.2) is 40.5 Å². The molecule has 21 heavy (non-hydrogen) atoms. The first-order valence-electron chi connectivity index (χ1n) is 7.25. The Morgan fingerprint density at radius 1 is 1.43 bits per heavy atom. The molecule has 2 heterocycles. The number of amides is 1. The molecule has 4 nitrogen and oxygen atoms in total. The maximum absolute atomic E-state index is 12.7. The van der Waals surface area contributed by atoms with Gasteiger partial charge in [0.05, 0.1) is 24.0 Å². The summed E-state index contributed by atoms with van der Waals surface area (Å²) in [5, 5.41) is 15.0. The summed E-state index contributed by atoms with van der Waals surface area (Å²) in [5.74, 6) is 0.0324. The Labute approximate surface area is 127 Å². The van der Waals surface area contributed by atoms with Crippen molar-refractivity contribution in [1.82, 2.24) is 5.32 Å². The van der Waals surface area contributed by atoms with Crippen LogP contribution in [0.2, 0.25) is 0 Å². The van der Waals surface area contributed by atoms with Crippen molar-refractivity contribution in [3.05, 3.63) is 46.5 Å². The third-order valence-corrected chi connectivity index (χ3v) is 5.34. The van der Waals surface area contributed by atoms with Gasteiger partial charge in [0.25, 0.3) is 0 Å². The number of aliphatic hydroxyl groups is 1. The van der Waals surface area contributed by atoms with Gasteiger partial charge in [-0.2, -0.15) is 0 Å². The predicted molar refractivity (Wildman–Crippen MR) is 81.1 cm³/mol.